The van der Waals surface area contributed by atoms with Crippen LogP contribution < -0.4 is 11.1 Å². The zero-order valence-corrected chi connectivity index (χ0v) is 33.4. The van der Waals surface area contributed by atoms with Crippen LogP contribution in [-0.2, 0) is 19.1 Å². The molecule has 0 aromatic carbocycles. The van der Waals surface area contributed by atoms with Gasteiger partial charge in [-0.25, -0.2) is 0 Å². The zero-order chi connectivity index (χ0) is 37.0. The molecule has 0 amide bonds. The van der Waals surface area contributed by atoms with Crippen LogP contribution in [0.2, 0.25) is 0 Å². The minimum Gasteiger partial charge on any atom is -0.481 e. The Kier molecular flexibility index (Phi) is 9.24. The van der Waals surface area contributed by atoms with Crippen molar-refractivity contribution in [1.29, 1.82) is 0 Å². The molecule has 0 radical (unpaired) electrons. The predicted octanol–water partition coefficient (Wildman–Crippen LogP) is 8.34. The maximum Gasteiger partial charge on any atom is 0.309 e. The fourth-order valence-electron chi connectivity index (χ4n) is 13.9. The summed E-state index contributed by atoms with van der Waals surface area (Å²) in [5.74, 6) is 0.255. The molecule has 6 aliphatic rings. The van der Waals surface area contributed by atoms with Crippen molar-refractivity contribution in [3.8, 4) is 0 Å². The first-order valence-corrected chi connectivity index (χ1v) is 20.2. The van der Waals surface area contributed by atoms with Gasteiger partial charge in [0.2, 0.25) is 0 Å². The predicted molar refractivity (Wildman–Crippen MR) is 198 cm³/mol. The van der Waals surface area contributed by atoms with Crippen molar-refractivity contribution < 1.29 is 24.2 Å². The van der Waals surface area contributed by atoms with Crippen LogP contribution in [0.15, 0.2) is 11.1 Å². The number of fused-ring (bicyclic) bond motifs is 7. The van der Waals surface area contributed by atoms with Crippen molar-refractivity contribution in [2.75, 3.05) is 13.1 Å². The van der Waals surface area contributed by atoms with Crippen molar-refractivity contribution in [2.24, 2.45) is 73.7 Å². The molecule has 7 heteroatoms. The summed E-state index contributed by atoms with van der Waals surface area (Å²) < 4.78 is 6.41. The number of rotatable bonds is 9. The van der Waals surface area contributed by atoms with Gasteiger partial charge in [-0.15, -0.1) is 0 Å². The molecule has 7 nitrogen and oxygen atoms in total. The first kappa shape index (κ1) is 38.0. The average Bonchev–Trinajstić information content (AvgIpc) is 3.28. The maximum atomic E-state index is 13.9. The lowest BCUT2D eigenvalue weighted by molar-refractivity contribution is -0.236. The summed E-state index contributed by atoms with van der Waals surface area (Å²) in [5, 5.41) is 13.3. The molecule has 5 saturated carbocycles. The van der Waals surface area contributed by atoms with Gasteiger partial charge in [0.25, 0.3) is 0 Å². The molecule has 50 heavy (non-hydrogen) atoms. The molecule has 0 aromatic heterocycles. The van der Waals surface area contributed by atoms with Crippen LogP contribution in [0.4, 0.5) is 0 Å². The lowest BCUT2D eigenvalue weighted by Crippen LogP contribution is -2.66. The van der Waals surface area contributed by atoms with Gasteiger partial charge in [-0.2, -0.15) is 0 Å². The first-order valence-electron chi connectivity index (χ1n) is 20.2. The van der Waals surface area contributed by atoms with Gasteiger partial charge in [-0.05, 0) is 136 Å². The Bertz CT molecular complexity index is 1440. The Hall–Kier alpha value is -1.73. The number of hydrogen-bond donors (Lipinski definition) is 3. The molecule has 6 rings (SSSR count). The third kappa shape index (κ3) is 5.50. The Morgan fingerprint density at radius 1 is 0.900 bits per heavy atom. The van der Waals surface area contributed by atoms with E-state index >= 15 is 0 Å². The Labute approximate surface area is 303 Å². The summed E-state index contributed by atoms with van der Waals surface area (Å²) in [7, 11) is 0. The molecule has 0 saturated heterocycles. The normalized spacial score (nSPS) is 43.3. The van der Waals surface area contributed by atoms with Gasteiger partial charge in [0.1, 0.15) is 6.10 Å². The summed E-state index contributed by atoms with van der Waals surface area (Å²) in [6.45, 7) is 26.6. The highest BCUT2D eigenvalue weighted by Crippen LogP contribution is 2.77. The monoisotopic (exact) mass is 695 g/mol. The van der Waals surface area contributed by atoms with Gasteiger partial charge >= 0.3 is 11.9 Å². The summed E-state index contributed by atoms with van der Waals surface area (Å²) in [4.78, 5) is 39.2. The molecular weight excluding hydrogens is 624 g/mol. The SMILES string of the molecule is CC(C)C1=C2[C@H]3CC[C@@H]4[C@@]5(C)CC[C@H](OC(=O)[C@H]6C[C@@H](C(=O)O)C6(C)C)C(C)(C)[C@@H]5CC[C@@]4(C)[C@]3(C)CC[C@@]2(CCNCC(C)(C)N)CC1=O. The van der Waals surface area contributed by atoms with E-state index in [0.717, 1.165) is 57.2 Å². The number of Topliss-reactive ketones (excluding diaryl/α,β-unsaturated/α-hetero) is 1. The molecule has 4 N–H and O–H groups in total. The molecule has 0 aromatic rings. The number of carboxylic acids is 1. The van der Waals surface area contributed by atoms with Gasteiger partial charge in [0, 0.05) is 29.3 Å². The molecule has 0 bridgehead atoms. The summed E-state index contributed by atoms with van der Waals surface area (Å²) in [5.41, 5.74) is 8.42. The number of nitrogens with one attached hydrogen (secondary N) is 1. The van der Waals surface area contributed by atoms with E-state index in [1.807, 2.05) is 13.8 Å². The van der Waals surface area contributed by atoms with Crippen molar-refractivity contribution in [3.63, 3.8) is 0 Å². The van der Waals surface area contributed by atoms with E-state index in [2.05, 4.69) is 67.6 Å². The first-order chi connectivity index (χ1) is 23.0. The Morgan fingerprint density at radius 2 is 1.58 bits per heavy atom. The van der Waals surface area contributed by atoms with Crippen molar-refractivity contribution in [3.05, 3.63) is 11.1 Å². The van der Waals surface area contributed by atoms with E-state index in [4.69, 9.17) is 10.5 Å². The van der Waals surface area contributed by atoms with E-state index < -0.39 is 17.3 Å². The fourth-order valence-corrected chi connectivity index (χ4v) is 13.9. The summed E-state index contributed by atoms with van der Waals surface area (Å²) in [6.07, 6.45) is 10.7. The van der Waals surface area contributed by atoms with Crippen molar-refractivity contribution in [1.82, 2.24) is 5.32 Å². The van der Waals surface area contributed by atoms with Gasteiger partial charge in [-0.3, -0.25) is 14.4 Å². The highest BCUT2D eigenvalue weighted by molar-refractivity contribution is 6.00. The smallest absolute Gasteiger partial charge is 0.309 e. The lowest BCUT2D eigenvalue weighted by atomic mass is 9.33. The van der Waals surface area contributed by atoms with Crippen LogP contribution in [0.3, 0.4) is 0 Å². The quantitative estimate of drug-likeness (QED) is 0.164. The van der Waals surface area contributed by atoms with Crippen LogP contribution in [0.1, 0.15) is 147 Å². The maximum absolute atomic E-state index is 13.9. The number of carbonyl (C=O) groups is 3. The number of carbonyl (C=O) groups excluding carboxylic acids is 2. The summed E-state index contributed by atoms with van der Waals surface area (Å²) >= 11 is 0. The highest BCUT2D eigenvalue weighted by Gasteiger charge is 2.70. The van der Waals surface area contributed by atoms with Crippen LogP contribution in [0.5, 0.6) is 0 Å². The van der Waals surface area contributed by atoms with E-state index in [9.17, 15) is 19.5 Å². The third-order valence-electron chi connectivity index (χ3n) is 17.0. The van der Waals surface area contributed by atoms with E-state index in [1.165, 1.54) is 19.3 Å². The Balaban J connectivity index is 1.25. The zero-order valence-electron chi connectivity index (χ0n) is 33.4. The second-order valence-electron chi connectivity index (χ2n) is 21.2. The molecule has 6 aliphatic carbocycles. The van der Waals surface area contributed by atoms with Gasteiger partial charge in [-0.1, -0.05) is 67.9 Å². The number of allylic oxidation sites excluding steroid dienone is 2. The van der Waals surface area contributed by atoms with Gasteiger partial charge in [0.15, 0.2) is 5.78 Å². The minimum absolute atomic E-state index is 0.0275. The minimum atomic E-state index is -0.815. The molecular formula is C43H70N2O5. The number of esters is 1. The van der Waals surface area contributed by atoms with Crippen LogP contribution in [0, 0.1) is 68.0 Å². The molecule has 0 unspecified atom stereocenters. The number of ether oxygens (including phenoxy) is 1. The van der Waals surface area contributed by atoms with Crippen LogP contribution in [0.25, 0.3) is 0 Å². The molecule has 282 valence electrons. The summed E-state index contributed by atoms with van der Waals surface area (Å²) in [6, 6.07) is 0. The van der Waals surface area contributed by atoms with E-state index in [0.29, 0.717) is 36.4 Å². The molecule has 5 fully saturated rings. The van der Waals surface area contributed by atoms with Crippen LogP contribution >= 0.6 is 0 Å². The second-order valence-corrected chi connectivity index (χ2v) is 21.2. The van der Waals surface area contributed by atoms with E-state index in [1.54, 1.807) is 5.57 Å². The average molecular weight is 695 g/mol. The van der Waals surface area contributed by atoms with Crippen molar-refractivity contribution in [2.45, 2.75) is 158 Å². The molecule has 10 atom stereocenters. The van der Waals surface area contributed by atoms with Gasteiger partial charge < -0.3 is 20.9 Å². The third-order valence-corrected chi connectivity index (χ3v) is 17.0. The highest BCUT2D eigenvalue weighted by atomic mass is 16.5. The van der Waals surface area contributed by atoms with Crippen molar-refractivity contribution >= 4 is 17.7 Å². The molecule has 0 aliphatic heterocycles. The number of carboxylic acid groups (broad SMARTS) is 1. The van der Waals surface area contributed by atoms with Crippen LogP contribution in [-0.4, -0.2) is 47.6 Å². The largest absolute Gasteiger partial charge is 0.481 e. The number of aliphatic carboxylic acids is 1. The molecule has 0 heterocycles. The second kappa shape index (κ2) is 12.1. The fraction of sp³-hybridized carbons (Fsp3) is 0.884. The standard InChI is InChI=1S/C43H70N2O5/c1-25(2)33-29(46)23-43(20-21-45-24-37(3,4)44)19-18-41(10)26(34(33)43)12-13-31-40(9)16-15-32(39(7,8)30(40)14-17-42(31,41)11)50-36(49)28-22-27(35(47)48)38(28,5)6/h25-28,30-32,45H,12-24,44H2,1-11H3,(H,47,48)/t26-,27+,28-,30+,31-,32+,40+,41-,42-,43-/m1/s1. The lowest BCUT2D eigenvalue weighted by Gasteiger charge is -2.72. The van der Waals surface area contributed by atoms with Gasteiger partial charge in [0.05, 0.1) is 11.8 Å². The molecule has 0 spiro atoms. The number of hydrogen-bond acceptors (Lipinski definition) is 6. The Morgan fingerprint density at radius 3 is 2.18 bits per heavy atom. The topological polar surface area (TPSA) is 119 Å². The van der Waals surface area contributed by atoms with E-state index in [-0.39, 0.29) is 56.5 Å². The number of ketones is 1. The number of nitrogens with two attached hydrogens (primary N) is 1.